The maximum Gasteiger partial charge on any atom is 0.329 e. The number of ether oxygens (including phenoxy) is 3. The molecule has 2 amide bonds. The number of phenolic OH excluding ortho intramolecular Hbond substituents is 1. The molecule has 2 aromatic carbocycles. The summed E-state index contributed by atoms with van der Waals surface area (Å²) in [6.07, 6.45) is -0.651. The van der Waals surface area contributed by atoms with Crippen LogP contribution >= 0.6 is 0 Å². The quantitative estimate of drug-likeness (QED) is 0.257. The van der Waals surface area contributed by atoms with E-state index in [0.29, 0.717) is 24.5 Å². The summed E-state index contributed by atoms with van der Waals surface area (Å²) in [6, 6.07) is 8.27. The predicted octanol–water partition coefficient (Wildman–Crippen LogP) is 2.68. The van der Waals surface area contributed by atoms with Crippen molar-refractivity contribution in [2.75, 3.05) is 38.7 Å². The van der Waals surface area contributed by atoms with Crippen molar-refractivity contribution in [1.82, 2.24) is 9.88 Å². The predicted molar refractivity (Wildman–Crippen MR) is 154 cm³/mol. The lowest BCUT2D eigenvalue weighted by Gasteiger charge is -2.28. The zero-order valence-electron chi connectivity index (χ0n) is 24.0. The molecule has 0 bridgehead atoms. The third-order valence-electron chi connectivity index (χ3n) is 6.58. The van der Waals surface area contributed by atoms with Crippen LogP contribution in [0.15, 0.2) is 47.5 Å². The third-order valence-corrected chi connectivity index (χ3v) is 6.58. The van der Waals surface area contributed by atoms with E-state index in [4.69, 9.17) is 25.7 Å². The maximum atomic E-state index is 16.1. The number of carbonyl (C=O) groups excluding carboxylic acids is 3. The van der Waals surface area contributed by atoms with E-state index in [2.05, 4.69) is 9.98 Å². The summed E-state index contributed by atoms with van der Waals surface area (Å²) in [5.74, 6) is -7.45. The van der Waals surface area contributed by atoms with E-state index >= 15 is 8.78 Å². The molecule has 1 aliphatic heterocycles. The van der Waals surface area contributed by atoms with Crippen LogP contribution in [0.25, 0.3) is 0 Å². The molecule has 3 aromatic rings. The molecule has 0 saturated heterocycles. The number of aliphatic imine (C=N–C) groups is 1. The number of anilines is 1. The van der Waals surface area contributed by atoms with Crippen LogP contribution in [0.4, 0.5) is 14.5 Å². The minimum Gasteiger partial charge on any atom is -0.504 e. The lowest BCUT2D eigenvalue weighted by molar-refractivity contribution is -0.146. The normalized spacial score (nSPS) is 13.2. The van der Waals surface area contributed by atoms with Gasteiger partial charge in [-0.25, -0.2) is 4.79 Å². The van der Waals surface area contributed by atoms with Crippen LogP contribution in [0.5, 0.6) is 29.0 Å². The molecule has 2 heterocycles. The fraction of sp³-hybridized carbons (Fsp3) is 0.276. The topological polar surface area (TPSA) is 183 Å². The molecule has 15 heteroatoms. The summed E-state index contributed by atoms with van der Waals surface area (Å²) in [4.78, 5) is 47.2. The molecule has 0 fully saturated rings. The van der Waals surface area contributed by atoms with E-state index in [-0.39, 0.29) is 17.9 Å². The largest absolute Gasteiger partial charge is 0.504 e. The highest BCUT2D eigenvalue weighted by molar-refractivity contribution is 6.00. The van der Waals surface area contributed by atoms with Gasteiger partial charge in [0.25, 0.3) is 11.8 Å². The summed E-state index contributed by atoms with van der Waals surface area (Å²) in [7, 11) is 3.00. The van der Waals surface area contributed by atoms with Crippen LogP contribution in [0, 0.1) is 11.6 Å². The van der Waals surface area contributed by atoms with Gasteiger partial charge >= 0.3 is 5.97 Å². The van der Waals surface area contributed by atoms with Gasteiger partial charge in [-0.1, -0.05) is 12.1 Å². The lowest BCUT2D eigenvalue weighted by Crippen LogP contribution is -2.43. The lowest BCUT2D eigenvalue weighted by atomic mass is 10.1. The average molecular weight is 613 g/mol. The molecule has 0 saturated carbocycles. The van der Waals surface area contributed by atoms with Gasteiger partial charge in [-0.3, -0.25) is 14.6 Å². The van der Waals surface area contributed by atoms with Crippen molar-refractivity contribution in [3.8, 4) is 29.0 Å². The number of hydrogen-bond donors (Lipinski definition) is 3. The van der Waals surface area contributed by atoms with Gasteiger partial charge in [0, 0.05) is 31.8 Å². The highest BCUT2D eigenvalue weighted by Crippen LogP contribution is 2.40. The number of phenols is 1. The monoisotopic (exact) mass is 612 g/mol. The molecular weight excluding hydrogens is 582 g/mol. The van der Waals surface area contributed by atoms with E-state index in [9.17, 15) is 19.5 Å². The minimum absolute atomic E-state index is 0.0851. The molecule has 44 heavy (non-hydrogen) atoms. The Morgan fingerprint density at radius 2 is 1.80 bits per heavy atom. The molecule has 5 N–H and O–H groups in total. The highest BCUT2D eigenvalue weighted by Gasteiger charge is 2.34. The Morgan fingerprint density at radius 1 is 1.09 bits per heavy atom. The van der Waals surface area contributed by atoms with E-state index in [1.807, 2.05) is 11.9 Å². The molecule has 1 atom stereocenters. The second-order valence-corrected chi connectivity index (χ2v) is 9.65. The molecule has 13 nitrogen and oxygen atoms in total. The van der Waals surface area contributed by atoms with Crippen molar-refractivity contribution < 1.29 is 42.5 Å². The van der Waals surface area contributed by atoms with Crippen LogP contribution in [0.1, 0.15) is 29.3 Å². The number of halogens is 2. The summed E-state index contributed by atoms with van der Waals surface area (Å²) in [5.41, 5.74) is 10.3. The first-order valence-corrected chi connectivity index (χ1v) is 13.3. The summed E-state index contributed by atoms with van der Waals surface area (Å²) in [6.45, 7) is 2.73. The standard InChI is InChI=1S/C29H30F2N6O7/c1-4-42-29(41)18(14-21(32)39)37(3)24-22(30)27(43-17-7-5-6-16(12-17)26-34-10-11-36(26)2)35-28(23(24)31)44-20-13-15(25(33)40)8-9-19(20)38/h5-9,12-13,18,38H,4,10-11,14H2,1-3H3,(H2,32,39)(H2,33,40). The van der Waals surface area contributed by atoms with E-state index in [0.717, 1.165) is 24.1 Å². The molecule has 0 aliphatic carbocycles. The number of nitrogens with two attached hydrogens (primary N) is 2. The number of amides is 2. The molecule has 0 radical (unpaired) electrons. The van der Waals surface area contributed by atoms with Crippen LogP contribution in [0.3, 0.4) is 0 Å². The van der Waals surface area contributed by atoms with Gasteiger partial charge in [-0.2, -0.15) is 13.8 Å². The number of aromatic nitrogens is 1. The second kappa shape index (κ2) is 13.2. The summed E-state index contributed by atoms with van der Waals surface area (Å²) < 4.78 is 48.4. The van der Waals surface area contributed by atoms with Crippen molar-refractivity contribution in [2.24, 2.45) is 16.5 Å². The number of pyridine rings is 1. The van der Waals surface area contributed by atoms with Crippen LogP contribution < -0.4 is 25.8 Å². The Balaban J connectivity index is 1.85. The third kappa shape index (κ3) is 6.77. The number of rotatable bonds is 12. The molecule has 0 spiro atoms. The number of aromatic hydroxyl groups is 1. The van der Waals surface area contributed by atoms with E-state index < -0.39 is 70.8 Å². The van der Waals surface area contributed by atoms with Crippen molar-refractivity contribution in [3.05, 3.63) is 65.2 Å². The van der Waals surface area contributed by atoms with Gasteiger partial charge in [0.15, 0.2) is 11.5 Å². The Morgan fingerprint density at radius 3 is 2.41 bits per heavy atom. The van der Waals surface area contributed by atoms with Crippen molar-refractivity contribution >= 4 is 29.3 Å². The van der Waals surface area contributed by atoms with Gasteiger partial charge in [-0.15, -0.1) is 0 Å². The molecular formula is C29H30F2N6O7. The SMILES string of the molecule is CCOC(=O)C(CC(N)=O)N(C)c1c(F)c(Oc2cccc(C3=NCCN3C)c2)nc(Oc2cc(C(N)=O)ccc2O)c1F. The Kier molecular flexibility index (Phi) is 9.46. The first-order chi connectivity index (χ1) is 20.9. The summed E-state index contributed by atoms with van der Waals surface area (Å²) >= 11 is 0. The van der Waals surface area contributed by atoms with E-state index in [1.54, 1.807) is 18.2 Å². The fourth-order valence-electron chi connectivity index (χ4n) is 4.41. The summed E-state index contributed by atoms with van der Waals surface area (Å²) in [5, 5.41) is 10.3. The molecule has 232 valence electrons. The van der Waals surface area contributed by atoms with Crippen LogP contribution in [0.2, 0.25) is 0 Å². The number of hydrogen-bond acceptors (Lipinski definition) is 11. The fourth-order valence-corrected chi connectivity index (χ4v) is 4.41. The molecule has 1 aliphatic rings. The number of amidine groups is 1. The van der Waals surface area contributed by atoms with Crippen LogP contribution in [-0.2, 0) is 14.3 Å². The number of likely N-dealkylation sites (N-methyl/N-ethyl adjacent to an activating group) is 2. The number of carbonyl (C=O) groups is 3. The number of primary amides is 2. The van der Waals surface area contributed by atoms with Gasteiger partial charge < -0.3 is 40.6 Å². The molecule has 1 unspecified atom stereocenters. The van der Waals surface area contributed by atoms with Gasteiger partial charge in [0.2, 0.25) is 23.4 Å². The first kappa shape index (κ1) is 31.5. The zero-order valence-corrected chi connectivity index (χ0v) is 24.0. The van der Waals surface area contributed by atoms with Gasteiger partial charge in [-0.05, 0) is 37.3 Å². The smallest absolute Gasteiger partial charge is 0.329 e. The van der Waals surface area contributed by atoms with Gasteiger partial charge in [0.05, 0.1) is 19.6 Å². The minimum atomic E-state index is -1.55. The zero-order chi connectivity index (χ0) is 32.1. The average Bonchev–Trinajstić information content (AvgIpc) is 3.41. The number of benzene rings is 2. The number of esters is 1. The van der Waals surface area contributed by atoms with Gasteiger partial charge in [0.1, 0.15) is 23.3 Å². The maximum absolute atomic E-state index is 16.1. The first-order valence-electron chi connectivity index (χ1n) is 13.3. The van der Waals surface area contributed by atoms with Crippen molar-refractivity contribution in [2.45, 2.75) is 19.4 Å². The highest BCUT2D eigenvalue weighted by atomic mass is 19.1. The van der Waals surface area contributed by atoms with E-state index in [1.165, 1.54) is 19.1 Å². The molecule has 1 aromatic heterocycles. The Hall–Kier alpha value is -5.47. The van der Waals surface area contributed by atoms with Crippen molar-refractivity contribution in [3.63, 3.8) is 0 Å². The van der Waals surface area contributed by atoms with Crippen LogP contribution in [-0.4, -0.2) is 78.4 Å². The Bertz CT molecular complexity index is 1630. The molecule has 4 rings (SSSR count). The second-order valence-electron chi connectivity index (χ2n) is 9.65. The Labute approximate surface area is 250 Å². The van der Waals surface area contributed by atoms with Crippen molar-refractivity contribution in [1.29, 1.82) is 0 Å². The number of nitrogens with zero attached hydrogens (tertiary/aromatic N) is 4.